The van der Waals surface area contributed by atoms with Gasteiger partial charge in [0.05, 0.1) is 25.3 Å². The van der Waals surface area contributed by atoms with Gasteiger partial charge in [-0.1, -0.05) is 24.3 Å². The molecular weight excluding hydrogens is 372 g/mol. The van der Waals surface area contributed by atoms with E-state index in [2.05, 4.69) is 0 Å². The van der Waals surface area contributed by atoms with Gasteiger partial charge in [-0.15, -0.1) is 0 Å². The third kappa shape index (κ3) is 5.13. The lowest BCUT2D eigenvalue weighted by Crippen LogP contribution is -2.15. The zero-order chi connectivity index (χ0) is 20.6. The summed E-state index contributed by atoms with van der Waals surface area (Å²) >= 11 is 0. The van der Waals surface area contributed by atoms with E-state index in [0.29, 0.717) is 23.0 Å². The van der Waals surface area contributed by atoms with Crippen LogP contribution in [-0.4, -0.2) is 32.6 Å². The Hall–Kier alpha value is -3.80. The lowest BCUT2D eigenvalue weighted by molar-refractivity contribution is 0.0473. The molecule has 3 aromatic carbocycles. The Balaban J connectivity index is 1.66. The quantitative estimate of drug-likeness (QED) is 0.414. The van der Waals surface area contributed by atoms with Crippen molar-refractivity contribution >= 4 is 11.8 Å². The summed E-state index contributed by atoms with van der Waals surface area (Å²) in [4.78, 5) is 24.9. The third-order valence-electron chi connectivity index (χ3n) is 4.09. The van der Waals surface area contributed by atoms with Gasteiger partial charge in [-0.25, -0.2) is 4.79 Å². The fourth-order valence-electron chi connectivity index (χ4n) is 2.64. The average molecular weight is 392 g/mol. The number of hydrogen-bond acceptors (Lipinski definition) is 6. The monoisotopic (exact) mass is 392 g/mol. The number of methoxy groups -OCH3 is 2. The molecule has 0 aliphatic heterocycles. The van der Waals surface area contributed by atoms with Crippen LogP contribution >= 0.6 is 0 Å². The third-order valence-corrected chi connectivity index (χ3v) is 4.09. The van der Waals surface area contributed by atoms with Gasteiger partial charge in [-0.3, -0.25) is 4.79 Å². The second kappa shape index (κ2) is 9.41. The Kier molecular flexibility index (Phi) is 6.47. The van der Waals surface area contributed by atoms with Crippen LogP contribution in [0.3, 0.4) is 0 Å². The van der Waals surface area contributed by atoms with E-state index in [1.54, 1.807) is 42.5 Å². The lowest BCUT2D eigenvalue weighted by Gasteiger charge is -2.10. The van der Waals surface area contributed by atoms with Crippen molar-refractivity contribution in [2.24, 2.45) is 0 Å². The van der Waals surface area contributed by atoms with Crippen LogP contribution in [0.1, 0.15) is 20.7 Å². The molecule has 0 spiro atoms. The van der Waals surface area contributed by atoms with Gasteiger partial charge >= 0.3 is 5.97 Å². The molecule has 0 saturated carbocycles. The summed E-state index contributed by atoms with van der Waals surface area (Å²) in [7, 11) is 2.96. The topological polar surface area (TPSA) is 71.1 Å². The minimum absolute atomic E-state index is 0.279. The molecule has 0 saturated heterocycles. The van der Waals surface area contributed by atoms with Crippen molar-refractivity contribution in [3.8, 4) is 23.0 Å². The number of esters is 1. The van der Waals surface area contributed by atoms with E-state index in [4.69, 9.17) is 18.9 Å². The van der Waals surface area contributed by atoms with Crippen LogP contribution in [-0.2, 0) is 4.74 Å². The summed E-state index contributed by atoms with van der Waals surface area (Å²) in [5.41, 5.74) is 0.560. The summed E-state index contributed by atoms with van der Waals surface area (Å²) in [6, 6.07) is 20.6. The SMILES string of the molecule is COc1ccc(OC)c(C(=O)COC(=O)c2cccc(Oc3ccccc3)c2)c1. The summed E-state index contributed by atoms with van der Waals surface area (Å²) in [5, 5.41) is 0. The highest BCUT2D eigenvalue weighted by atomic mass is 16.5. The molecule has 6 heteroatoms. The smallest absolute Gasteiger partial charge is 0.338 e. The van der Waals surface area contributed by atoms with Crippen molar-refractivity contribution in [2.75, 3.05) is 20.8 Å². The molecule has 0 fully saturated rings. The van der Waals surface area contributed by atoms with Crippen LogP contribution in [0, 0.1) is 0 Å². The molecular formula is C23H20O6. The molecule has 0 N–H and O–H groups in total. The van der Waals surface area contributed by atoms with Crippen LogP contribution in [0.5, 0.6) is 23.0 Å². The van der Waals surface area contributed by atoms with Gasteiger partial charge < -0.3 is 18.9 Å². The molecule has 0 radical (unpaired) electrons. The number of hydrogen-bond donors (Lipinski definition) is 0. The van der Waals surface area contributed by atoms with Crippen molar-refractivity contribution in [1.82, 2.24) is 0 Å². The first-order valence-electron chi connectivity index (χ1n) is 8.86. The maximum atomic E-state index is 12.5. The average Bonchev–Trinajstić information content (AvgIpc) is 2.77. The second-order valence-corrected chi connectivity index (χ2v) is 6.01. The number of Topliss-reactive ketones (excluding diaryl/α,β-unsaturated/α-hetero) is 1. The Morgan fingerprint density at radius 1 is 0.759 bits per heavy atom. The van der Waals surface area contributed by atoms with E-state index in [9.17, 15) is 9.59 Å². The molecule has 29 heavy (non-hydrogen) atoms. The molecule has 0 aromatic heterocycles. The van der Waals surface area contributed by atoms with Gasteiger partial charge in [0, 0.05) is 0 Å². The first kappa shape index (κ1) is 19.9. The molecule has 0 bridgehead atoms. The number of para-hydroxylation sites is 1. The van der Waals surface area contributed by atoms with Crippen molar-refractivity contribution in [1.29, 1.82) is 0 Å². The maximum absolute atomic E-state index is 12.5. The lowest BCUT2D eigenvalue weighted by atomic mass is 10.1. The number of carbonyl (C=O) groups excluding carboxylic acids is 2. The van der Waals surface area contributed by atoms with Gasteiger partial charge in [-0.05, 0) is 48.5 Å². The van der Waals surface area contributed by atoms with Crippen LogP contribution in [0.25, 0.3) is 0 Å². The Morgan fingerprint density at radius 2 is 1.52 bits per heavy atom. The van der Waals surface area contributed by atoms with Crippen LogP contribution in [0.15, 0.2) is 72.8 Å². The van der Waals surface area contributed by atoms with Crippen LogP contribution < -0.4 is 14.2 Å². The summed E-state index contributed by atoms with van der Waals surface area (Å²) < 4.78 is 21.2. The number of ether oxygens (including phenoxy) is 4. The molecule has 0 atom stereocenters. The van der Waals surface area contributed by atoms with Gasteiger partial charge in [0.25, 0.3) is 0 Å². The highest BCUT2D eigenvalue weighted by molar-refractivity contribution is 6.01. The fraction of sp³-hybridized carbons (Fsp3) is 0.130. The number of ketones is 1. The van der Waals surface area contributed by atoms with Crippen LogP contribution in [0.2, 0.25) is 0 Å². The normalized spacial score (nSPS) is 10.1. The highest BCUT2D eigenvalue weighted by Crippen LogP contribution is 2.25. The molecule has 0 amide bonds. The molecule has 0 unspecified atom stereocenters. The molecule has 0 heterocycles. The van der Waals surface area contributed by atoms with E-state index in [1.165, 1.54) is 14.2 Å². The minimum Gasteiger partial charge on any atom is -0.497 e. The first-order chi connectivity index (χ1) is 14.1. The number of rotatable bonds is 8. The largest absolute Gasteiger partial charge is 0.497 e. The van der Waals surface area contributed by atoms with Gasteiger partial charge in [-0.2, -0.15) is 0 Å². The Labute approximate surface area is 168 Å². The van der Waals surface area contributed by atoms with Gasteiger partial charge in [0.2, 0.25) is 5.78 Å². The van der Waals surface area contributed by atoms with Gasteiger partial charge in [0.15, 0.2) is 6.61 Å². The summed E-state index contributed by atoms with van der Waals surface area (Å²) in [5.74, 6) is 1.01. The maximum Gasteiger partial charge on any atom is 0.338 e. The molecule has 148 valence electrons. The van der Waals surface area contributed by atoms with E-state index in [0.717, 1.165) is 0 Å². The predicted molar refractivity (Wildman–Crippen MR) is 107 cm³/mol. The van der Waals surface area contributed by atoms with Crippen molar-refractivity contribution in [3.63, 3.8) is 0 Å². The summed E-state index contributed by atoms with van der Waals surface area (Å²) in [6.45, 7) is -0.424. The fourth-order valence-corrected chi connectivity index (χ4v) is 2.64. The molecule has 3 rings (SSSR count). The van der Waals surface area contributed by atoms with Crippen molar-refractivity contribution in [3.05, 3.63) is 83.9 Å². The van der Waals surface area contributed by atoms with E-state index in [1.807, 2.05) is 30.3 Å². The van der Waals surface area contributed by atoms with Crippen molar-refractivity contribution < 1.29 is 28.5 Å². The van der Waals surface area contributed by atoms with E-state index in [-0.39, 0.29) is 11.1 Å². The molecule has 0 aliphatic carbocycles. The minimum atomic E-state index is -0.626. The molecule has 6 nitrogen and oxygen atoms in total. The zero-order valence-electron chi connectivity index (χ0n) is 16.1. The predicted octanol–water partition coefficient (Wildman–Crippen LogP) is 4.54. The second-order valence-electron chi connectivity index (χ2n) is 6.01. The van der Waals surface area contributed by atoms with Gasteiger partial charge in [0.1, 0.15) is 23.0 Å². The Bertz CT molecular complexity index is 997. The Morgan fingerprint density at radius 3 is 2.24 bits per heavy atom. The molecule has 0 aliphatic rings. The summed E-state index contributed by atoms with van der Waals surface area (Å²) in [6.07, 6.45) is 0. The number of benzene rings is 3. The van der Waals surface area contributed by atoms with E-state index >= 15 is 0 Å². The standard InChI is InChI=1S/C23H20O6/c1-26-18-11-12-22(27-2)20(14-18)21(24)15-28-23(25)16-7-6-10-19(13-16)29-17-8-4-3-5-9-17/h3-14H,15H2,1-2H3. The number of carbonyl (C=O) groups is 2. The zero-order valence-corrected chi connectivity index (χ0v) is 16.1. The van der Waals surface area contributed by atoms with Crippen LogP contribution in [0.4, 0.5) is 0 Å². The first-order valence-corrected chi connectivity index (χ1v) is 8.86. The molecule has 3 aromatic rings. The van der Waals surface area contributed by atoms with E-state index < -0.39 is 18.4 Å². The van der Waals surface area contributed by atoms with Crippen molar-refractivity contribution in [2.45, 2.75) is 0 Å². The highest BCUT2D eigenvalue weighted by Gasteiger charge is 2.17.